The zero-order valence-corrected chi connectivity index (χ0v) is 5.37. The van der Waals surface area contributed by atoms with E-state index in [1.54, 1.807) is 0 Å². The monoisotopic (exact) mass is 143 g/mol. The van der Waals surface area contributed by atoms with E-state index in [-0.39, 0.29) is 12.5 Å². The van der Waals surface area contributed by atoms with Crippen LogP contribution in [0.3, 0.4) is 0 Å². The molecule has 0 aliphatic heterocycles. The summed E-state index contributed by atoms with van der Waals surface area (Å²) < 4.78 is 4.83. The minimum absolute atomic E-state index is 0.0439. The number of aliphatic hydroxyl groups excluding tert-OH is 1. The van der Waals surface area contributed by atoms with Crippen LogP contribution in [0.15, 0.2) is 10.6 Å². The summed E-state index contributed by atoms with van der Waals surface area (Å²) >= 11 is 0. The van der Waals surface area contributed by atoms with E-state index in [1.807, 2.05) is 0 Å². The zero-order chi connectivity index (χ0) is 7.40. The van der Waals surface area contributed by atoms with Crippen LogP contribution >= 0.6 is 0 Å². The van der Waals surface area contributed by atoms with Crippen molar-refractivity contribution in [2.75, 3.05) is 24.2 Å². The predicted molar refractivity (Wildman–Crippen MR) is 36.5 cm³/mol. The molecule has 4 N–H and O–H groups in total. The molecule has 5 nitrogen and oxygen atoms in total. The Kier molecular flexibility index (Phi) is 2.11. The molecule has 0 aromatic carbocycles. The van der Waals surface area contributed by atoms with Crippen LogP contribution < -0.4 is 11.1 Å². The molecular weight excluding hydrogens is 134 g/mol. The number of aromatic nitrogens is 1. The molecule has 1 heterocycles. The second kappa shape index (κ2) is 3.07. The van der Waals surface area contributed by atoms with Crippen LogP contribution in [0.2, 0.25) is 0 Å². The molecule has 0 aliphatic carbocycles. The lowest BCUT2D eigenvalue weighted by molar-refractivity contribution is 0.309. The quantitative estimate of drug-likeness (QED) is 0.539. The van der Waals surface area contributed by atoms with Crippen LogP contribution in [0.1, 0.15) is 0 Å². The van der Waals surface area contributed by atoms with E-state index in [0.717, 1.165) is 0 Å². The van der Waals surface area contributed by atoms with Gasteiger partial charge in [0.25, 0.3) is 6.01 Å². The highest BCUT2D eigenvalue weighted by atomic mass is 16.4. The summed E-state index contributed by atoms with van der Waals surface area (Å²) in [4.78, 5) is 3.74. The van der Waals surface area contributed by atoms with Gasteiger partial charge in [-0.15, -0.1) is 0 Å². The van der Waals surface area contributed by atoms with Crippen molar-refractivity contribution < 1.29 is 9.52 Å². The number of nitrogen functional groups attached to an aromatic ring is 1. The number of anilines is 2. The molecule has 5 heteroatoms. The van der Waals surface area contributed by atoms with Gasteiger partial charge in [-0.3, -0.25) is 0 Å². The lowest BCUT2D eigenvalue weighted by Crippen LogP contribution is -2.05. The summed E-state index contributed by atoms with van der Waals surface area (Å²) in [7, 11) is 0. The fourth-order valence-corrected chi connectivity index (χ4v) is 0.531. The van der Waals surface area contributed by atoms with E-state index >= 15 is 0 Å². The highest BCUT2D eigenvalue weighted by Gasteiger charge is 1.96. The largest absolute Gasteiger partial charge is 0.408 e. The Morgan fingerprint density at radius 1 is 1.80 bits per heavy atom. The highest BCUT2D eigenvalue weighted by molar-refractivity contribution is 5.29. The average Bonchev–Trinajstić information content (AvgIpc) is 2.31. The molecule has 1 rings (SSSR count). The van der Waals surface area contributed by atoms with Gasteiger partial charge in [0.1, 0.15) is 0 Å². The van der Waals surface area contributed by atoms with Gasteiger partial charge in [-0.1, -0.05) is 0 Å². The number of hydrogen-bond acceptors (Lipinski definition) is 5. The smallest absolute Gasteiger partial charge is 0.296 e. The zero-order valence-electron chi connectivity index (χ0n) is 5.37. The predicted octanol–water partition coefficient (Wildman–Crippen LogP) is -0.339. The van der Waals surface area contributed by atoms with Crippen molar-refractivity contribution in [3.8, 4) is 0 Å². The molecule has 1 aromatic heterocycles. The van der Waals surface area contributed by atoms with Crippen LogP contribution in [0.4, 0.5) is 11.9 Å². The van der Waals surface area contributed by atoms with Crippen molar-refractivity contribution in [2.24, 2.45) is 0 Å². The minimum Gasteiger partial charge on any atom is -0.408 e. The SMILES string of the molecule is Nc1cnc(NCCO)o1. The maximum Gasteiger partial charge on any atom is 0.296 e. The van der Waals surface area contributed by atoms with Crippen molar-refractivity contribution in [3.05, 3.63) is 6.20 Å². The summed E-state index contributed by atoms with van der Waals surface area (Å²) in [5.74, 6) is 0.264. The van der Waals surface area contributed by atoms with Crippen molar-refractivity contribution in [2.45, 2.75) is 0 Å². The highest BCUT2D eigenvalue weighted by Crippen LogP contribution is 2.08. The van der Waals surface area contributed by atoms with Crippen molar-refractivity contribution in [3.63, 3.8) is 0 Å². The molecule has 0 atom stereocenters. The number of aliphatic hydroxyl groups is 1. The number of hydrogen-bond donors (Lipinski definition) is 3. The first-order valence-corrected chi connectivity index (χ1v) is 2.89. The lowest BCUT2D eigenvalue weighted by Gasteiger charge is -1.94. The van der Waals surface area contributed by atoms with Crippen molar-refractivity contribution >= 4 is 11.9 Å². The molecule has 0 aliphatic rings. The van der Waals surface area contributed by atoms with Gasteiger partial charge in [-0.05, 0) is 0 Å². The summed E-state index contributed by atoms with van der Waals surface area (Å²) in [6.45, 7) is 0.461. The van der Waals surface area contributed by atoms with Gasteiger partial charge in [0, 0.05) is 6.54 Å². The summed E-state index contributed by atoms with van der Waals surface area (Å²) in [5.41, 5.74) is 5.22. The molecular formula is C5H9N3O2. The molecule has 1 aromatic rings. The van der Waals surface area contributed by atoms with E-state index in [9.17, 15) is 0 Å². The first-order chi connectivity index (χ1) is 4.83. The molecule has 0 saturated carbocycles. The molecule has 10 heavy (non-hydrogen) atoms. The Morgan fingerprint density at radius 2 is 2.60 bits per heavy atom. The van der Waals surface area contributed by atoms with Gasteiger partial charge in [0.15, 0.2) is 0 Å². The first-order valence-electron chi connectivity index (χ1n) is 2.89. The molecule has 0 bridgehead atoms. The molecule has 0 fully saturated rings. The van der Waals surface area contributed by atoms with Gasteiger partial charge < -0.3 is 20.6 Å². The number of nitrogens with one attached hydrogen (secondary N) is 1. The van der Waals surface area contributed by atoms with Gasteiger partial charge in [0.2, 0.25) is 5.88 Å². The van der Waals surface area contributed by atoms with Crippen LogP contribution in [0.5, 0.6) is 0 Å². The molecule has 0 saturated heterocycles. The van der Waals surface area contributed by atoms with E-state index in [1.165, 1.54) is 6.20 Å². The van der Waals surface area contributed by atoms with Crippen molar-refractivity contribution in [1.29, 1.82) is 0 Å². The molecule has 0 unspecified atom stereocenters. The molecule has 0 spiro atoms. The standard InChI is InChI=1S/C5H9N3O2/c6-4-3-8-5(10-4)7-1-2-9/h3,9H,1-2,6H2,(H,7,8). The summed E-state index contributed by atoms with van der Waals surface area (Å²) in [6, 6.07) is 0.339. The fourth-order valence-electron chi connectivity index (χ4n) is 0.531. The number of nitrogens with zero attached hydrogens (tertiary/aromatic N) is 1. The Morgan fingerprint density at radius 3 is 3.10 bits per heavy atom. The number of rotatable bonds is 3. The molecule has 0 radical (unpaired) electrons. The topological polar surface area (TPSA) is 84.3 Å². The summed E-state index contributed by atoms with van der Waals surface area (Å²) in [5, 5.41) is 11.1. The Bertz CT molecular complexity index is 199. The Labute approximate surface area is 57.9 Å². The normalized spacial score (nSPS) is 9.70. The molecule has 56 valence electrons. The molecule has 0 amide bonds. The Balaban J connectivity index is 2.42. The fraction of sp³-hybridized carbons (Fsp3) is 0.400. The van der Waals surface area contributed by atoms with Crippen LogP contribution in [0.25, 0.3) is 0 Å². The van der Waals surface area contributed by atoms with E-state index in [4.69, 9.17) is 15.3 Å². The number of nitrogens with two attached hydrogens (primary N) is 1. The van der Waals surface area contributed by atoms with Gasteiger partial charge in [-0.2, -0.15) is 4.98 Å². The Hall–Kier alpha value is -1.23. The van der Waals surface area contributed by atoms with Crippen LogP contribution in [-0.2, 0) is 0 Å². The second-order valence-electron chi connectivity index (χ2n) is 1.72. The van der Waals surface area contributed by atoms with Crippen LogP contribution in [0, 0.1) is 0 Å². The summed E-state index contributed by atoms with van der Waals surface area (Å²) in [6.07, 6.45) is 1.40. The average molecular weight is 143 g/mol. The van der Waals surface area contributed by atoms with E-state index in [2.05, 4.69) is 10.3 Å². The van der Waals surface area contributed by atoms with Gasteiger partial charge in [0.05, 0.1) is 12.8 Å². The van der Waals surface area contributed by atoms with Crippen LogP contribution in [-0.4, -0.2) is 23.2 Å². The third-order valence-electron chi connectivity index (χ3n) is 0.912. The minimum atomic E-state index is 0.0439. The first kappa shape index (κ1) is 6.88. The maximum atomic E-state index is 8.37. The third-order valence-corrected chi connectivity index (χ3v) is 0.912. The van der Waals surface area contributed by atoms with Gasteiger partial charge >= 0.3 is 0 Å². The van der Waals surface area contributed by atoms with Gasteiger partial charge in [-0.25, -0.2) is 0 Å². The third kappa shape index (κ3) is 1.63. The maximum absolute atomic E-state index is 8.37. The van der Waals surface area contributed by atoms with Crippen molar-refractivity contribution in [1.82, 2.24) is 4.98 Å². The number of oxazole rings is 1. The van der Waals surface area contributed by atoms with E-state index in [0.29, 0.717) is 12.6 Å². The second-order valence-corrected chi connectivity index (χ2v) is 1.72. The van der Waals surface area contributed by atoms with E-state index < -0.39 is 0 Å². The lowest BCUT2D eigenvalue weighted by atomic mass is 10.7.